The summed E-state index contributed by atoms with van der Waals surface area (Å²) >= 11 is 5.41. The van der Waals surface area contributed by atoms with Gasteiger partial charge in [0.25, 0.3) is 0 Å². The molecule has 1 atom stereocenters. The van der Waals surface area contributed by atoms with E-state index in [1.54, 1.807) is 11.3 Å². The van der Waals surface area contributed by atoms with Crippen molar-refractivity contribution in [2.75, 3.05) is 6.54 Å². The fourth-order valence-corrected chi connectivity index (χ4v) is 3.53. The molecule has 0 saturated heterocycles. The Morgan fingerprint density at radius 1 is 1.24 bits per heavy atom. The number of aryl methyl sites for hydroxylation is 3. The second kappa shape index (κ2) is 7.52. The molecule has 2 rings (SSSR count). The van der Waals surface area contributed by atoms with Gasteiger partial charge in [-0.2, -0.15) is 0 Å². The van der Waals surface area contributed by atoms with Crippen molar-refractivity contribution in [3.8, 4) is 0 Å². The van der Waals surface area contributed by atoms with Crippen LogP contribution in [0.15, 0.2) is 22.0 Å². The van der Waals surface area contributed by atoms with Crippen LogP contribution in [0.1, 0.15) is 46.8 Å². The number of nitrogens with zero attached hydrogens (tertiary/aromatic N) is 1. The molecule has 1 heterocycles. The molecular formula is C17H23BrN2S. The number of hydrogen-bond acceptors (Lipinski definition) is 3. The van der Waals surface area contributed by atoms with Crippen LogP contribution >= 0.6 is 27.3 Å². The summed E-state index contributed by atoms with van der Waals surface area (Å²) in [5, 5.41) is 7.01. The van der Waals surface area contributed by atoms with E-state index in [0.717, 1.165) is 25.1 Å². The van der Waals surface area contributed by atoms with E-state index in [-0.39, 0.29) is 0 Å². The Morgan fingerprint density at radius 3 is 2.43 bits per heavy atom. The number of aromatic nitrogens is 1. The summed E-state index contributed by atoms with van der Waals surface area (Å²) in [7, 11) is 0. The first-order valence-electron chi connectivity index (χ1n) is 7.42. The summed E-state index contributed by atoms with van der Waals surface area (Å²) in [4.78, 5) is 4.62. The van der Waals surface area contributed by atoms with Gasteiger partial charge in [-0.1, -0.05) is 35.0 Å². The van der Waals surface area contributed by atoms with E-state index >= 15 is 0 Å². The van der Waals surface area contributed by atoms with Crippen LogP contribution in [-0.4, -0.2) is 11.5 Å². The first kappa shape index (κ1) is 16.7. The molecule has 21 heavy (non-hydrogen) atoms. The summed E-state index contributed by atoms with van der Waals surface area (Å²) in [5.41, 5.74) is 5.06. The fraction of sp³-hybridized carbons (Fsp3) is 0.471. The molecule has 0 bridgehead atoms. The van der Waals surface area contributed by atoms with E-state index in [9.17, 15) is 0 Å². The maximum atomic E-state index is 4.62. The van der Waals surface area contributed by atoms with Gasteiger partial charge in [-0.05, 0) is 50.4 Å². The summed E-state index contributed by atoms with van der Waals surface area (Å²) < 4.78 is 1.21. The molecule has 1 N–H and O–H groups in total. The molecule has 0 amide bonds. The largest absolute Gasteiger partial charge is 0.310 e. The zero-order valence-corrected chi connectivity index (χ0v) is 15.6. The van der Waals surface area contributed by atoms with Gasteiger partial charge in [0, 0.05) is 28.0 Å². The SMILES string of the molecule is CCCNC(Cc1nc(C)cs1)c1cc(C)c(Br)c(C)c1. The zero-order chi connectivity index (χ0) is 15.4. The van der Waals surface area contributed by atoms with E-state index in [1.165, 1.54) is 26.2 Å². The Morgan fingerprint density at radius 2 is 1.90 bits per heavy atom. The standard InChI is InChI=1S/C17H23BrN2S/c1-5-6-19-15(9-16-20-13(4)10-21-16)14-7-11(2)17(18)12(3)8-14/h7-8,10,15,19H,5-6,9H2,1-4H3. The maximum Gasteiger partial charge on any atom is 0.0947 e. The average molecular weight is 367 g/mol. The Kier molecular flexibility index (Phi) is 5.97. The second-order valence-corrected chi connectivity index (χ2v) is 7.30. The van der Waals surface area contributed by atoms with Gasteiger partial charge < -0.3 is 5.32 Å². The first-order chi connectivity index (χ1) is 10.0. The van der Waals surface area contributed by atoms with Crippen molar-refractivity contribution in [3.63, 3.8) is 0 Å². The highest BCUT2D eigenvalue weighted by Crippen LogP contribution is 2.28. The van der Waals surface area contributed by atoms with Gasteiger partial charge in [-0.15, -0.1) is 11.3 Å². The monoisotopic (exact) mass is 366 g/mol. The third-order valence-electron chi connectivity index (χ3n) is 3.55. The van der Waals surface area contributed by atoms with Crippen molar-refractivity contribution < 1.29 is 0 Å². The van der Waals surface area contributed by atoms with Crippen molar-refractivity contribution in [2.45, 2.75) is 46.6 Å². The molecule has 0 aliphatic heterocycles. The highest BCUT2D eigenvalue weighted by molar-refractivity contribution is 9.10. The van der Waals surface area contributed by atoms with Gasteiger partial charge in [-0.25, -0.2) is 4.98 Å². The minimum Gasteiger partial charge on any atom is -0.310 e. The predicted octanol–water partition coefficient (Wildman–Crippen LogP) is 5.11. The number of hydrogen-bond donors (Lipinski definition) is 1. The lowest BCUT2D eigenvalue weighted by molar-refractivity contribution is 0.527. The van der Waals surface area contributed by atoms with E-state index in [1.807, 2.05) is 0 Å². The fourth-order valence-electron chi connectivity index (χ4n) is 2.48. The molecule has 114 valence electrons. The van der Waals surface area contributed by atoms with Gasteiger partial charge in [0.1, 0.15) is 0 Å². The molecule has 4 heteroatoms. The van der Waals surface area contributed by atoms with Gasteiger partial charge in [0.15, 0.2) is 0 Å². The molecule has 1 unspecified atom stereocenters. The van der Waals surface area contributed by atoms with E-state index in [2.05, 4.69) is 71.4 Å². The summed E-state index contributed by atoms with van der Waals surface area (Å²) in [6, 6.07) is 4.90. The number of rotatable bonds is 6. The predicted molar refractivity (Wildman–Crippen MR) is 95.2 cm³/mol. The van der Waals surface area contributed by atoms with Crippen LogP contribution in [-0.2, 0) is 6.42 Å². The van der Waals surface area contributed by atoms with E-state index in [0.29, 0.717) is 6.04 Å². The van der Waals surface area contributed by atoms with Crippen molar-refractivity contribution >= 4 is 27.3 Å². The van der Waals surface area contributed by atoms with Crippen LogP contribution in [0.4, 0.5) is 0 Å². The summed E-state index contributed by atoms with van der Waals surface area (Å²) in [6.45, 7) is 9.61. The third-order valence-corrected chi connectivity index (χ3v) is 5.79. The van der Waals surface area contributed by atoms with Gasteiger partial charge in [0.05, 0.1) is 5.01 Å². The third kappa shape index (κ3) is 4.38. The average Bonchev–Trinajstić information content (AvgIpc) is 2.85. The Labute approximate surface area is 140 Å². The van der Waals surface area contributed by atoms with Gasteiger partial charge in [-0.3, -0.25) is 0 Å². The molecule has 1 aromatic heterocycles. The lowest BCUT2D eigenvalue weighted by atomic mass is 9.99. The highest BCUT2D eigenvalue weighted by atomic mass is 79.9. The van der Waals surface area contributed by atoms with Gasteiger partial charge in [0.2, 0.25) is 0 Å². The number of benzene rings is 1. The van der Waals surface area contributed by atoms with Crippen molar-refractivity contribution in [2.24, 2.45) is 0 Å². The quantitative estimate of drug-likeness (QED) is 0.767. The van der Waals surface area contributed by atoms with Crippen molar-refractivity contribution in [3.05, 3.63) is 49.4 Å². The summed E-state index contributed by atoms with van der Waals surface area (Å²) in [6.07, 6.45) is 2.10. The van der Waals surface area contributed by atoms with Crippen LogP contribution in [0.2, 0.25) is 0 Å². The van der Waals surface area contributed by atoms with Crippen molar-refractivity contribution in [1.29, 1.82) is 0 Å². The number of nitrogens with one attached hydrogen (secondary N) is 1. The lowest BCUT2D eigenvalue weighted by Crippen LogP contribution is -2.24. The first-order valence-corrected chi connectivity index (χ1v) is 9.09. The minimum atomic E-state index is 0.334. The normalized spacial score (nSPS) is 12.6. The number of halogens is 1. The van der Waals surface area contributed by atoms with Gasteiger partial charge >= 0.3 is 0 Å². The smallest absolute Gasteiger partial charge is 0.0947 e. The lowest BCUT2D eigenvalue weighted by Gasteiger charge is -2.20. The minimum absolute atomic E-state index is 0.334. The van der Waals surface area contributed by atoms with Crippen LogP contribution in [0.5, 0.6) is 0 Å². The Bertz CT molecular complexity index is 584. The topological polar surface area (TPSA) is 24.9 Å². The zero-order valence-electron chi connectivity index (χ0n) is 13.2. The van der Waals surface area contributed by atoms with Crippen LogP contribution in [0.25, 0.3) is 0 Å². The van der Waals surface area contributed by atoms with Crippen LogP contribution < -0.4 is 5.32 Å². The molecule has 0 radical (unpaired) electrons. The molecule has 0 aliphatic carbocycles. The van der Waals surface area contributed by atoms with Crippen LogP contribution in [0, 0.1) is 20.8 Å². The van der Waals surface area contributed by atoms with E-state index in [4.69, 9.17) is 0 Å². The highest BCUT2D eigenvalue weighted by Gasteiger charge is 2.15. The molecule has 0 spiro atoms. The molecule has 0 aliphatic rings. The molecular weight excluding hydrogens is 344 g/mol. The maximum absolute atomic E-state index is 4.62. The second-order valence-electron chi connectivity index (χ2n) is 5.56. The molecule has 2 aromatic rings. The molecule has 0 saturated carbocycles. The van der Waals surface area contributed by atoms with Crippen LogP contribution in [0.3, 0.4) is 0 Å². The molecule has 0 fully saturated rings. The number of thiazole rings is 1. The van der Waals surface area contributed by atoms with E-state index < -0.39 is 0 Å². The molecule has 2 nitrogen and oxygen atoms in total. The Balaban J connectivity index is 2.26. The Hall–Kier alpha value is -0.710. The summed E-state index contributed by atoms with van der Waals surface area (Å²) in [5.74, 6) is 0. The van der Waals surface area contributed by atoms with Crippen molar-refractivity contribution in [1.82, 2.24) is 10.3 Å². The molecule has 1 aromatic carbocycles.